The van der Waals surface area contributed by atoms with Gasteiger partial charge in [0.2, 0.25) is 0 Å². The first-order valence-corrected chi connectivity index (χ1v) is 11.4. The number of carbonyl (C=O) groups is 2. The average Bonchev–Trinajstić information content (AvgIpc) is 2.86. The summed E-state index contributed by atoms with van der Waals surface area (Å²) in [6.07, 6.45) is 5.85. The van der Waals surface area contributed by atoms with Crippen LogP contribution >= 0.6 is 0 Å². The average molecular weight is 469 g/mol. The fraction of sp³-hybridized carbons (Fsp3) is 0.346. The number of fused-ring (bicyclic) bond motifs is 1. The molecule has 6 nitrogen and oxygen atoms in total. The van der Waals surface area contributed by atoms with Crippen molar-refractivity contribution in [2.24, 2.45) is 5.92 Å². The summed E-state index contributed by atoms with van der Waals surface area (Å²) >= 11 is 0. The van der Waals surface area contributed by atoms with Crippen LogP contribution in [0.4, 0.5) is 8.78 Å². The van der Waals surface area contributed by atoms with Crippen molar-refractivity contribution in [3.05, 3.63) is 60.2 Å². The number of halogens is 2. The van der Waals surface area contributed by atoms with Crippen LogP contribution in [-0.4, -0.2) is 36.6 Å². The molecular formula is C26H26F2N2O4. The van der Waals surface area contributed by atoms with Crippen molar-refractivity contribution >= 4 is 22.8 Å². The van der Waals surface area contributed by atoms with Gasteiger partial charge in [-0.15, -0.1) is 0 Å². The molecule has 1 heterocycles. The molecule has 8 heteroatoms. The fourth-order valence-corrected chi connectivity index (χ4v) is 4.21. The maximum atomic E-state index is 12.9. The van der Waals surface area contributed by atoms with Gasteiger partial charge in [-0.3, -0.25) is 4.79 Å². The molecule has 2 aromatic carbocycles. The van der Waals surface area contributed by atoms with E-state index in [1.54, 1.807) is 42.5 Å². The van der Waals surface area contributed by atoms with Crippen LogP contribution in [0.2, 0.25) is 0 Å². The molecular weight excluding hydrogens is 442 g/mol. The Morgan fingerprint density at radius 2 is 1.76 bits per heavy atom. The van der Waals surface area contributed by atoms with E-state index in [1.165, 1.54) is 31.4 Å². The minimum atomic E-state index is -2.91. The first kappa shape index (κ1) is 23.6. The van der Waals surface area contributed by atoms with Gasteiger partial charge >= 0.3 is 12.6 Å². The SMILES string of the molecule is O=C(COC(=O)c1cc(-c2ccc(OC(F)F)cc2)nc2ccccc12)NCC1CCCCC1. The Balaban J connectivity index is 1.47. The van der Waals surface area contributed by atoms with Crippen LogP contribution in [0.5, 0.6) is 5.75 Å². The molecule has 0 saturated heterocycles. The Labute approximate surface area is 196 Å². The van der Waals surface area contributed by atoms with Crippen molar-refractivity contribution in [1.29, 1.82) is 0 Å². The van der Waals surface area contributed by atoms with Crippen molar-refractivity contribution in [2.45, 2.75) is 38.7 Å². The number of hydrogen-bond acceptors (Lipinski definition) is 5. The van der Waals surface area contributed by atoms with E-state index in [-0.39, 0.29) is 23.8 Å². The second-order valence-electron chi connectivity index (χ2n) is 8.36. The summed E-state index contributed by atoms with van der Waals surface area (Å²) in [7, 11) is 0. The molecule has 1 aliphatic carbocycles. The minimum absolute atomic E-state index is 0.0263. The lowest BCUT2D eigenvalue weighted by Crippen LogP contribution is -2.33. The maximum Gasteiger partial charge on any atom is 0.387 e. The molecule has 3 aromatic rings. The molecule has 1 N–H and O–H groups in total. The molecule has 0 unspecified atom stereocenters. The lowest BCUT2D eigenvalue weighted by atomic mass is 9.89. The highest BCUT2D eigenvalue weighted by Gasteiger charge is 2.18. The van der Waals surface area contributed by atoms with E-state index in [4.69, 9.17) is 4.74 Å². The Morgan fingerprint density at radius 1 is 1.03 bits per heavy atom. The molecule has 1 aromatic heterocycles. The van der Waals surface area contributed by atoms with E-state index in [0.717, 1.165) is 12.8 Å². The van der Waals surface area contributed by atoms with Gasteiger partial charge in [0.05, 0.1) is 16.8 Å². The lowest BCUT2D eigenvalue weighted by Gasteiger charge is -2.21. The van der Waals surface area contributed by atoms with Gasteiger partial charge in [0.25, 0.3) is 5.91 Å². The van der Waals surface area contributed by atoms with Crippen molar-refractivity contribution in [1.82, 2.24) is 10.3 Å². The van der Waals surface area contributed by atoms with Gasteiger partial charge in [-0.1, -0.05) is 37.5 Å². The second-order valence-corrected chi connectivity index (χ2v) is 8.36. The molecule has 0 atom stereocenters. The van der Waals surface area contributed by atoms with Gasteiger partial charge in [0, 0.05) is 17.5 Å². The smallest absolute Gasteiger partial charge is 0.387 e. The van der Waals surface area contributed by atoms with Crippen molar-refractivity contribution < 1.29 is 27.8 Å². The topological polar surface area (TPSA) is 77.5 Å². The first-order chi connectivity index (χ1) is 16.5. The van der Waals surface area contributed by atoms with Gasteiger partial charge in [-0.25, -0.2) is 9.78 Å². The van der Waals surface area contributed by atoms with Crippen molar-refractivity contribution in [2.75, 3.05) is 13.2 Å². The number of hydrogen-bond donors (Lipinski definition) is 1. The highest BCUT2D eigenvalue weighted by molar-refractivity contribution is 6.05. The first-order valence-electron chi connectivity index (χ1n) is 11.4. The second kappa shape index (κ2) is 11.0. The number of rotatable bonds is 8. The van der Waals surface area contributed by atoms with E-state index in [9.17, 15) is 18.4 Å². The largest absolute Gasteiger partial charge is 0.452 e. The molecule has 0 spiro atoms. The Hall–Kier alpha value is -3.55. The number of aromatic nitrogens is 1. The molecule has 1 saturated carbocycles. The third kappa shape index (κ3) is 6.07. The monoisotopic (exact) mass is 468 g/mol. The van der Waals surface area contributed by atoms with Crippen LogP contribution in [-0.2, 0) is 9.53 Å². The van der Waals surface area contributed by atoms with Crippen LogP contribution in [0.3, 0.4) is 0 Å². The number of pyridine rings is 1. The maximum absolute atomic E-state index is 12.9. The van der Waals surface area contributed by atoms with E-state index >= 15 is 0 Å². The number of esters is 1. The molecule has 1 aliphatic rings. The number of alkyl halides is 2. The highest BCUT2D eigenvalue weighted by atomic mass is 19.3. The molecule has 0 aliphatic heterocycles. The van der Waals surface area contributed by atoms with Gasteiger partial charge < -0.3 is 14.8 Å². The minimum Gasteiger partial charge on any atom is -0.452 e. The number of amides is 1. The predicted molar refractivity (Wildman–Crippen MR) is 124 cm³/mol. The summed E-state index contributed by atoms with van der Waals surface area (Å²) in [5.74, 6) is -0.451. The van der Waals surface area contributed by atoms with E-state index in [0.29, 0.717) is 34.6 Å². The van der Waals surface area contributed by atoms with Gasteiger partial charge in [0.1, 0.15) is 5.75 Å². The van der Waals surface area contributed by atoms with Gasteiger partial charge in [-0.2, -0.15) is 8.78 Å². The molecule has 0 radical (unpaired) electrons. The highest BCUT2D eigenvalue weighted by Crippen LogP contribution is 2.27. The number of benzene rings is 2. The quantitative estimate of drug-likeness (QED) is 0.451. The van der Waals surface area contributed by atoms with Crippen LogP contribution in [0.25, 0.3) is 22.2 Å². The van der Waals surface area contributed by atoms with Crippen LogP contribution < -0.4 is 10.1 Å². The zero-order chi connectivity index (χ0) is 23.9. The number of nitrogens with one attached hydrogen (secondary N) is 1. The number of nitrogens with zero attached hydrogens (tertiary/aromatic N) is 1. The van der Waals surface area contributed by atoms with Crippen LogP contribution in [0, 0.1) is 5.92 Å². The normalized spacial score (nSPS) is 14.2. The number of para-hydroxylation sites is 1. The summed E-state index contributed by atoms with van der Waals surface area (Å²) in [4.78, 5) is 29.7. The fourth-order valence-electron chi connectivity index (χ4n) is 4.21. The van der Waals surface area contributed by atoms with Crippen molar-refractivity contribution in [3.63, 3.8) is 0 Å². The van der Waals surface area contributed by atoms with Gasteiger partial charge in [-0.05, 0) is 55.2 Å². The van der Waals surface area contributed by atoms with Crippen molar-refractivity contribution in [3.8, 4) is 17.0 Å². The predicted octanol–water partition coefficient (Wildman–Crippen LogP) is 5.36. The van der Waals surface area contributed by atoms with E-state index < -0.39 is 12.6 Å². The molecule has 178 valence electrons. The lowest BCUT2D eigenvalue weighted by molar-refractivity contribution is -0.124. The Kier molecular flexibility index (Phi) is 7.67. The molecule has 1 amide bonds. The summed E-state index contributed by atoms with van der Waals surface area (Å²) in [5.41, 5.74) is 1.93. The molecule has 0 bridgehead atoms. The zero-order valence-corrected chi connectivity index (χ0v) is 18.6. The number of carbonyl (C=O) groups excluding carboxylic acids is 2. The summed E-state index contributed by atoms with van der Waals surface area (Å²) in [5, 5.41) is 3.45. The standard InChI is InChI=1S/C26H26F2N2O4/c27-26(28)34-19-12-10-18(11-13-19)23-14-21(20-8-4-5-9-22(20)30-23)25(32)33-16-24(31)29-15-17-6-2-1-3-7-17/h4-5,8-14,17,26H,1-3,6-7,15-16H2,(H,29,31). The van der Waals surface area contributed by atoms with E-state index in [2.05, 4.69) is 15.0 Å². The summed E-state index contributed by atoms with van der Waals surface area (Å²) < 4.78 is 34.5. The summed E-state index contributed by atoms with van der Waals surface area (Å²) in [6, 6.07) is 14.7. The Morgan fingerprint density at radius 3 is 2.50 bits per heavy atom. The number of ether oxygens (including phenoxy) is 2. The third-order valence-electron chi connectivity index (χ3n) is 5.96. The van der Waals surface area contributed by atoms with E-state index in [1.807, 2.05) is 0 Å². The summed E-state index contributed by atoms with van der Waals surface area (Å²) in [6.45, 7) is -2.67. The Bertz CT molecular complexity index is 1150. The zero-order valence-electron chi connectivity index (χ0n) is 18.6. The third-order valence-corrected chi connectivity index (χ3v) is 5.96. The molecule has 1 fully saturated rings. The van der Waals surface area contributed by atoms with Gasteiger partial charge in [0.15, 0.2) is 6.61 Å². The van der Waals surface area contributed by atoms with Crippen LogP contribution in [0.1, 0.15) is 42.5 Å². The molecule has 4 rings (SSSR count). The van der Waals surface area contributed by atoms with Crippen LogP contribution in [0.15, 0.2) is 54.6 Å². The molecule has 34 heavy (non-hydrogen) atoms.